The van der Waals surface area contributed by atoms with Crippen LogP contribution in [0.15, 0.2) is 24.3 Å². The molecule has 3 nitrogen and oxygen atoms in total. The van der Waals surface area contributed by atoms with Gasteiger partial charge in [0.2, 0.25) is 0 Å². The van der Waals surface area contributed by atoms with Gasteiger partial charge in [0.15, 0.2) is 0 Å². The van der Waals surface area contributed by atoms with Gasteiger partial charge >= 0.3 is 0 Å². The van der Waals surface area contributed by atoms with Gasteiger partial charge in [0.1, 0.15) is 6.29 Å². The zero-order valence-corrected chi connectivity index (χ0v) is 11.1. The molecule has 3 heteroatoms. The van der Waals surface area contributed by atoms with E-state index in [0.717, 1.165) is 45.4 Å². The molecule has 2 rings (SSSR count). The number of piperazine rings is 1. The van der Waals surface area contributed by atoms with Gasteiger partial charge in [-0.05, 0) is 24.6 Å². The predicted molar refractivity (Wildman–Crippen MR) is 73.6 cm³/mol. The minimum atomic E-state index is 0.625. The van der Waals surface area contributed by atoms with E-state index in [1.165, 1.54) is 11.1 Å². The second kappa shape index (κ2) is 6.66. The van der Waals surface area contributed by atoms with E-state index in [9.17, 15) is 4.79 Å². The van der Waals surface area contributed by atoms with E-state index in [0.29, 0.717) is 6.42 Å². The number of aryl methyl sites for hydroxylation is 1. The van der Waals surface area contributed by atoms with Crippen molar-refractivity contribution in [2.75, 3.05) is 33.2 Å². The average Bonchev–Trinajstić information content (AvgIpc) is 2.40. The first-order valence-electron chi connectivity index (χ1n) is 6.71. The molecule has 1 aromatic rings. The van der Waals surface area contributed by atoms with Gasteiger partial charge in [-0.25, -0.2) is 0 Å². The van der Waals surface area contributed by atoms with Gasteiger partial charge in [-0.1, -0.05) is 24.3 Å². The van der Waals surface area contributed by atoms with Crippen molar-refractivity contribution in [1.29, 1.82) is 0 Å². The summed E-state index contributed by atoms with van der Waals surface area (Å²) in [5, 5.41) is 0. The number of carbonyl (C=O) groups is 1. The maximum Gasteiger partial charge on any atom is 0.120 e. The van der Waals surface area contributed by atoms with Crippen molar-refractivity contribution in [2.24, 2.45) is 0 Å². The summed E-state index contributed by atoms with van der Waals surface area (Å²) in [6.07, 6.45) is 2.50. The predicted octanol–water partition coefficient (Wildman–Crippen LogP) is 1.57. The number of likely N-dealkylation sites (N-methyl/N-ethyl adjacent to an activating group) is 1. The Kier molecular flexibility index (Phi) is 4.90. The van der Waals surface area contributed by atoms with Gasteiger partial charge < -0.3 is 9.69 Å². The number of rotatable bonds is 5. The molecule has 0 N–H and O–H groups in total. The number of benzene rings is 1. The maximum absolute atomic E-state index is 10.5. The molecule has 0 aliphatic carbocycles. The molecule has 0 radical (unpaired) electrons. The summed E-state index contributed by atoms with van der Waals surface area (Å²) >= 11 is 0. The van der Waals surface area contributed by atoms with Crippen LogP contribution in [0, 0.1) is 0 Å². The SMILES string of the molecule is CN1CCN(Cc2ccccc2CCC=O)CC1. The lowest BCUT2D eigenvalue weighted by Gasteiger charge is -2.32. The lowest BCUT2D eigenvalue weighted by molar-refractivity contribution is -0.107. The number of hydrogen-bond acceptors (Lipinski definition) is 3. The number of hydrogen-bond donors (Lipinski definition) is 0. The van der Waals surface area contributed by atoms with Crippen molar-refractivity contribution in [2.45, 2.75) is 19.4 Å². The standard InChI is InChI=1S/C15H22N2O/c1-16-8-10-17(11-9-16)13-15-6-3-2-5-14(15)7-4-12-18/h2-3,5-6,12H,4,7-11,13H2,1H3. The van der Waals surface area contributed by atoms with Crippen molar-refractivity contribution in [1.82, 2.24) is 9.80 Å². The Hall–Kier alpha value is -1.19. The van der Waals surface area contributed by atoms with Crippen LogP contribution in [0.3, 0.4) is 0 Å². The van der Waals surface area contributed by atoms with Gasteiger partial charge in [-0.2, -0.15) is 0 Å². The van der Waals surface area contributed by atoms with Crippen LogP contribution in [0.1, 0.15) is 17.5 Å². The fraction of sp³-hybridized carbons (Fsp3) is 0.533. The third kappa shape index (κ3) is 3.65. The second-order valence-electron chi connectivity index (χ2n) is 5.05. The van der Waals surface area contributed by atoms with Crippen molar-refractivity contribution < 1.29 is 4.79 Å². The van der Waals surface area contributed by atoms with Gasteiger partial charge in [-0.15, -0.1) is 0 Å². The van der Waals surface area contributed by atoms with Crippen molar-refractivity contribution in [3.63, 3.8) is 0 Å². The Morgan fingerprint density at radius 2 is 1.78 bits per heavy atom. The highest BCUT2D eigenvalue weighted by atomic mass is 16.1. The summed E-state index contributed by atoms with van der Waals surface area (Å²) in [5.41, 5.74) is 2.70. The molecule has 1 aliphatic rings. The first kappa shape index (κ1) is 13.2. The van der Waals surface area contributed by atoms with Crippen LogP contribution in [-0.2, 0) is 17.8 Å². The molecule has 1 saturated heterocycles. The Morgan fingerprint density at radius 1 is 1.11 bits per heavy atom. The second-order valence-corrected chi connectivity index (χ2v) is 5.05. The quantitative estimate of drug-likeness (QED) is 0.737. The maximum atomic E-state index is 10.5. The normalized spacial score (nSPS) is 17.8. The summed E-state index contributed by atoms with van der Waals surface area (Å²) in [6, 6.07) is 8.50. The van der Waals surface area contributed by atoms with Crippen LogP contribution in [-0.4, -0.2) is 49.3 Å². The molecular weight excluding hydrogens is 224 g/mol. The Labute approximate surface area is 109 Å². The zero-order valence-electron chi connectivity index (χ0n) is 11.1. The number of aldehydes is 1. The summed E-state index contributed by atoms with van der Waals surface area (Å²) in [4.78, 5) is 15.4. The molecule has 98 valence electrons. The van der Waals surface area contributed by atoms with E-state index in [4.69, 9.17) is 0 Å². The van der Waals surface area contributed by atoms with Gasteiger partial charge in [0.25, 0.3) is 0 Å². The van der Waals surface area contributed by atoms with Gasteiger partial charge in [0, 0.05) is 39.1 Å². The molecule has 0 unspecified atom stereocenters. The van der Waals surface area contributed by atoms with Crippen molar-refractivity contribution in [3.05, 3.63) is 35.4 Å². The lowest BCUT2D eigenvalue weighted by atomic mass is 10.0. The number of nitrogens with zero attached hydrogens (tertiary/aromatic N) is 2. The Bertz CT molecular complexity index is 384. The smallest absolute Gasteiger partial charge is 0.120 e. The van der Waals surface area contributed by atoms with Crippen LogP contribution >= 0.6 is 0 Å². The van der Waals surface area contributed by atoms with Crippen LogP contribution in [0.4, 0.5) is 0 Å². The summed E-state index contributed by atoms with van der Waals surface area (Å²) in [6.45, 7) is 5.59. The van der Waals surface area contributed by atoms with E-state index in [-0.39, 0.29) is 0 Å². The van der Waals surface area contributed by atoms with Crippen LogP contribution in [0.2, 0.25) is 0 Å². The molecule has 0 bridgehead atoms. The first-order chi connectivity index (χ1) is 8.79. The molecule has 1 heterocycles. The molecule has 0 spiro atoms. The highest BCUT2D eigenvalue weighted by Gasteiger charge is 2.14. The van der Waals surface area contributed by atoms with Crippen LogP contribution in [0.5, 0.6) is 0 Å². The third-order valence-corrected chi connectivity index (χ3v) is 3.64. The highest BCUT2D eigenvalue weighted by molar-refractivity contribution is 5.50. The zero-order chi connectivity index (χ0) is 12.8. The monoisotopic (exact) mass is 246 g/mol. The summed E-state index contributed by atoms with van der Waals surface area (Å²) < 4.78 is 0. The fourth-order valence-corrected chi connectivity index (χ4v) is 2.42. The van der Waals surface area contributed by atoms with Gasteiger partial charge in [-0.3, -0.25) is 4.90 Å². The summed E-state index contributed by atoms with van der Waals surface area (Å²) in [5.74, 6) is 0. The number of carbonyl (C=O) groups excluding carboxylic acids is 1. The van der Waals surface area contributed by atoms with Crippen molar-refractivity contribution in [3.8, 4) is 0 Å². The van der Waals surface area contributed by atoms with Crippen molar-refractivity contribution >= 4 is 6.29 Å². The largest absolute Gasteiger partial charge is 0.304 e. The van der Waals surface area contributed by atoms with Crippen LogP contribution in [0.25, 0.3) is 0 Å². The first-order valence-corrected chi connectivity index (χ1v) is 6.71. The molecule has 1 fully saturated rings. The van der Waals surface area contributed by atoms with E-state index in [1.54, 1.807) is 0 Å². The van der Waals surface area contributed by atoms with Gasteiger partial charge in [0.05, 0.1) is 0 Å². The molecule has 0 amide bonds. The molecule has 0 saturated carbocycles. The Balaban J connectivity index is 1.97. The molecule has 0 aromatic heterocycles. The molecule has 1 aromatic carbocycles. The highest BCUT2D eigenvalue weighted by Crippen LogP contribution is 2.14. The minimum Gasteiger partial charge on any atom is -0.304 e. The fourth-order valence-electron chi connectivity index (χ4n) is 2.42. The molecule has 1 aliphatic heterocycles. The van der Waals surface area contributed by atoms with Crippen LogP contribution < -0.4 is 0 Å². The molecular formula is C15H22N2O. The molecule has 0 atom stereocenters. The van der Waals surface area contributed by atoms with E-state index in [1.807, 2.05) is 0 Å². The Morgan fingerprint density at radius 3 is 2.44 bits per heavy atom. The molecule has 18 heavy (non-hydrogen) atoms. The lowest BCUT2D eigenvalue weighted by Crippen LogP contribution is -2.44. The average molecular weight is 246 g/mol. The third-order valence-electron chi connectivity index (χ3n) is 3.64. The van der Waals surface area contributed by atoms with E-state index >= 15 is 0 Å². The minimum absolute atomic E-state index is 0.625. The topological polar surface area (TPSA) is 23.6 Å². The van der Waals surface area contributed by atoms with E-state index < -0.39 is 0 Å². The van der Waals surface area contributed by atoms with E-state index in [2.05, 4.69) is 41.1 Å². The summed E-state index contributed by atoms with van der Waals surface area (Å²) in [7, 11) is 2.18.